The highest BCUT2D eigenvalue weighted by atomic mass is 16.7. The number of allylic oxidation sites excluding steroid dienone is 7. The van der Waals surface area contributed by atoms with Gasteiger partial charge in [-0.3, -0.25) is 4.79 Å². The van der Waals surface area contributed by atoms with Gasteiger partial charge in [-0.15, -0.1) is 0 Å². The van der Waals surface area contributed by atoms with Crippen molar-refractivity contribution >= 4 is 5.91 Å². The minimum Gasteiger partial charge on any atom is -0.394 e. The second-order valence-corrected chi connectivity index (χ2v) is 27.8. The van der Waals surface area contributed by atoms with Crippen LogP contribution in [0.15, 0.2) is 48.6 Å². The first kappa shape index (κ1) is 86.2. The number of aliphatic hydroxyl groups excluding tert-OH is 5. The molecule has 0 aromatic heterocycles. The highest BCUT2D eigenvalue weighted by Gasteiger charge is 2.44. The Morgan fingerprint density at radius 2 is 0.633 bits per heavy atom. The van der Waals surface area contributed by atoms with Gasteiger partial charge in [0, 0.05) is 6.42 Å². The van der Waals surface area contributed by atoms with Gasteiger partial charge in [0.05, 0.1) is 25.4 Å². The number of amides is 1. The van der Waals surface area contributed by atoms with Gasteiger partial charge in [0.25, 0.3) is 0 Å². The topological polar surface area (TPSA) is 149 Å². The van der Waals surface area contributed by atoms with Crippen molar-refractivity contribution in [2.45, 2.75) is 448 Å². The fourth-order valence-corrected chi connectivity index (χ4v) is 12.9. The minimum absolute atomic E-state index is 0.183. The van der Waals surface area contributed by atoms with Gasteiger partial charge < -0.3 is 40.3 Å². The Labute approximate surface area is 558 Å². The van der Waals surface area contributed by atoms with Crippen molar-refractivity contribution in [3.05, 3.63) is 48.6 Å². The van der Waals surface area contributed by atoms with Gasteiger partial charge in [0.2, 0.25) is 5.91 Å². The first-order valence-electron chi connectivity index (χ1n) is 39.9. The van der Waals surface area contributed by atoms with E-state index < -0.39 is 49.5 Å². The number of carbonyl (C=O) groups is 1. The summed E-state index contributed by atoms with van der Waals surface area (Å²) in [5.41, 5.74) is 0. The standard InChI is InChI=1S/C81H153NO8/c1-3-5-7-9-11-13-15-17-19-21-23-25-27-29-31-33-34-35-36-37-38-39-40-41-42-43-45-47-49-51-53-55-57-59-61-63-65-67-69-71-77(85)82-74(73-89-81-80(88)79(87)78(86)76(72-83)90-81)75(84)70-68-66-64-62-60-58-56-54-52-50-48-46-44-32-30-28-26-24-22-20-18-16-14-12-10-8-6-4-2/h21,23,52,54,60,62,68,70,74-76,78-81,83-84,86-88H,3-20,22,24-51,53,55-59,61,63-67,69,71-73H2,1-2H3,(H,82,85)/b23-21-,54-52+,62-60+,70-68+. The summed E-state index contributed by atoms with van der Waals surface area (Å²) < 4.78 is 11.3. The number of unbranched alkanes of at least 4 members (excludes halogenated alkanes) is 55. The van der Waals surface area contributed by atoms with Crippen LogP contribution in [0.4, 0.5) is 0 Å². The van der Waals surface area contributed by atoms with Crippen LogP contribution in [0.5, 0.6) is 0 Å². The molecule has 1 aliphatic rings. The molecule has 1 aliphatic heterocycles. The van der Waals surface area contributed by atoms with Crippen LogP contribution in [0.2, 0.25) is 0 Å². The van der Waals surface area contributed by atoms with Gasteiger partial charge in [0.1, 0.15) is 24.4 Å². The summed E-state index contributed by atoms with van der Waals surface area (Å²) in [4.78, 5) is 13.2. The first-order chi connectivity index (χ1) is 44.3. The lowest BCUT2D eigenvalue weighted by Crippen LogP contribution is -2.60. The van der Waals surface area contributed by atoms with Crippen molar-refractivity contribution in [1.82, 2.24) is 5.32 Å². The molecule has 7 unspecified atom stereocenters. The first-order valence-corrected chi connectivity index (χ1v) is 39.9. The van der Waals surface area contributed by atoms with E-state index in [1.165, 1.54) is 340 Å². The molecule has 90 heavy (non-hydrogen) atoms. The van der Waals surface area contributed by atoms with Crippen molar-refractivity contribution < 1.29 is 39.8 Å². The molecule has 7 atom stereocenters. The van der Waals surface area contributed by atoms with E-state index in [1.807, 2.05) is 6.08 Å². The molecule has 0 saturated carbocycles. The van der Waals surface area contributed by atoms with Crippen LogP contribution in [-0.4, -0.2) is 87.5 Å². The van der Waals surface area contributed by atoms with Crippen LogP contribution in [0.1, 0.15) is 406 Å². The lowest BCUT2D eigenvalue weighted by Gasteiger charge is -2.40. The molecule has 0 aromatic rings. The van der Waals surface area contributed by atoms with Crippen LogP contribution < -0.4 is 5.32 Å². The van der Waals surface area contributed by atoms with Crippen molar-refractivity contribution in [3.8, 4) is 0 Å². The molecule has 1 heterocycles. The number of ether oxygens (including phenoxy) is 2. The van der Waals surface area contributed by atoms with Crippen molar-refractivity contribution in [1.29, 1.82) is 0 Å². The third kappa shape index (κ3) is 57.6. The van der Waals surface area contributed by atoms with Crippen molar-refractivity contribution in [2.24, 2.45) is 0 Å². The molecule has 9 nitrogen and oxygen atoms in total. The average Bonchev–Trinajstić information content (AvgIpc) is 2.75. The lowest BCUT2D eigenvalue weighted by molar-refractivity contribution is -0.302. The highest BCUT2D eigenvalue weighted by Crippen LogP contribution is 2.24. The quantitative estimate of drug-likeness (QED) is 0.0261. The molecule has 6 N–H and O–H groups in total. The monoisotopic (exact) mass is 1270 g/mol. The maximum atomic E-state index is 13.2. The molecule has 0 bridgehead atoms. The van der Waals surface area contributed by atoms with Gasteiger partial charge in [-0.05, 0) is 70.6 Å². The zero-order chi connectivity index (χ0) is 64.9. The number of aliphatic hydroxyl groups is 5. The number of nitrogens with one attached hydrogen (secondary N) is 1. The Hall–Kier alpha value is -1.85. The van der Waals surface area contributed by atoms with Crippen LogP contribution in [0, 0.1) is 0 Å². The van der Waals surface area contributed by atoms with E-state index in [2.05, 4.69) is 55.6 Å². The summed E-state index contributed by atoms with van der Waals surface area (Å²) in [5, 5.41) is 54.8. The normalized spacial score (nSPS) is 18.0. The Morgan fingerprint density at radius 1 is 0.367 bits per heavy atom. The second-order valence-electron chi connectivity index (χ2n) is 27.8. The third-order valence-electron chi connectivity index (χ3n) is 19.1. The zero-order valence-electron chi connectivity index (χ0n) is 59.7. The number of carbonyl (C=O) groups excluding carboxylic acids is 1. The lowest BCUT2D eigenvalue weighted by atomic mass is 9.99. The van der Waals surface area contributed by atoms with Crippen LogP contribution >= 0.6 is 0 Å². The molecular formula is C81H153NO8. The average molecular weight is 1270 g/mol. The van der Waals surface area contributed by atoms with Crippen LogP contribution in [0.25, 0.3) is 0 Å². The second kappa shape index (κ2) is 70.0. The molecule has 1 amide bonds. The number of hydrogen-bond donors (Lipinski definition) is 6. The van der Waals surface area contributed by atoms with Gasteiger partial charge in [-0.1, -0.05) is 377 Å². The molecule has 0 radical (unpaired) electrons. The maximum Gasteiger partial charge on any atom is 0.220 e. The molecule has 1 fully saturated rings. The number of rotatable bonds is 71. The molecule has 0 spiro atoms. The van der Waals surface area contributed by atoms with E-state index in [0.717, 1.165) is 44.9 Å². The third-order valence-corrected chi connectivity index (χ3v) is 19.1. The van der Waals surface area contributed by atoms with Crippen LogP contribution in [-0.2, 0) is 14.3 Å². The van der Waals surface area contributed by atoms with Gasteiger partial charge in [0.15, 0.2) is 6.29 Å². The van der Waals surface area contributed by atoms with Crippen molar-refractivity contribution in [2.75, 3.05) is 13.2 Å². The predicted octanol–water partition coefficient (Wildman–Crippen LogP) is 22.7. The predicted molar refractivity (Wildman–Crippen MR) is 387 cm³/mol. The van der Waals surface area contributed by atoms with E-state index >= 15 is 0 Å². The summed E-state index contributed by atoms with van der Waals surface area (Å²) in [6.07, 6.45) is 89.9. The van der Waals surface area contributed by atoms with E-state index in [1.54, 1.807) is 6.08 Å². The molecule has 1 rings (SSSR count). The fraction of sp³-hybridized carbons (Fsp3) is 0.889. The zero-order valence-corrected chi connectivity index (χ0v) is 59.7. The smallest absolute Gasteiger partial charge is 0.220 e. The molecule has 530 valence electrons. The Kier molecular flexibility index (Phi) is 67.0. The van der Waals surface area contributed by atoms with E-state index in [9.17, 15) is 30.3 Å². The van der Waals surface area contributed by atoms with E-state index in [-0.39, 0.29) is 12.5 Å². The largest absolute Gasteiger partial charge is 0.394 e. The number of hydrogen-bond acceptors (Lipinski definition) is 8. The fourth-order valence-electron chi connectivity index (χ4n) is 12.9. The van der Waals surface area contributed by atoms with E-state index in [0.29, 0.717) is 6.42 Å². The highest BCUT2D eigenvalue weighted by molar-refractivity contribution is 5.76. The summed E-state index contributed by atoms with van der Waals surface area (Å²) >= 11 is 0. The molecule has 0 aliphatic carbocycles. The minimum atomic E-state index is -1.58. The Bertz CT molecular complexity index is 1570. The van der Waals surface area contributed by atoms with Gasteiger partial charge >= 0.3 is 0 Å². The molecule has 0 aromatic carbocycles. The van der Waals surface area contributed by atoms with Crippen molar-refractivity contribution in [3.63, 3.8) is 0 Å². The van der Waals surface area contributed by atoms with Gasteiger partial charge in [-0.25, -0.2) is 0 Å². The summed E-state index contributed by atoms with van der Waals surface area (Å²) in [6, 6.07) is -0.830. The SMILES string of the molecule is CCCCCCCCCC/C=C\CCCCCCCCCCCCCCCCCCCCCCCCCCCCCC(=O)NC(COC1OC(CO)C(O)C(O)C1O)C(O)/C=C/CC/C=C/CC/C=C/CCCCCCCCCCCCCCCCCCCC. The van der Waals surface area contributed by atoms with E-state index in [4.69, 9.17) is 9.47 Å². The molecule has 1 saturated heterocycles. The van der Waals surface area contributed by atoms with Crippen LogP contribution in [0.3, 0.4) is 0 Å². The maximum absolute atomic E-state index is 13.2. The van der Waals surface area contributed by atoms with Gasteiger partial charge in [-0.2, -0.15) is 0 Å². The Morgan fingerprint density at radius 3 is 0.933 bits per heavy atom. The Balaban J connectivity index is 2.07. The molecular weight excluding hydrogens is 1110 g/mol. The summed E-state index contributed by atoms with van der Waals surface area (Å²) in [6.45, 7) is 3.82. The summed E-state index contributed by atoms with van der Waals surface area (Å²) in [5.74, 6) is -0.183. The summed E-state index contributed by atoms with van der Waals surface area (Å²) in [7, 11) is 0. The molecule has 9 heteroatoms.